The van der Waals surface area contributed by atoms with Crippen LogP contribution in [0.25, 0.3) is 11.3 Å². The lowest BCUT2D eigenvalue weighted by atomic mass is 10.1. The van der Waals surface area contributed by atoms with Crippen molar-refractivity contribution in [1.29, 1.82) is 0 Å². The van der Waals surface area contributed by atoms with Gasteiger partial charge in [-0.25, -0.2) is 4.98 Å². The van der Waals surface area contributed by atoms with Crippen LogP contribution >= 0.6 is 11.3 Å². The van der Waals surface area contributed by atoms with Crippen molar-refractivity contribution in [3.8, 4) is 22.8 Å². The van der Waals surface area contributed by atoms with Gasteiger partial charge in [-0.3, -0.25) is 14.9 Å². The number of methoxy groups -OCH3 is 1. The SMILES string of the molecule is COc1ccc(C(=O)Nc2nc(-c3ccc4c(c3)NC(=O)CO4)c(C)s2)cc1. The third-order valence-electron chi connectivity index (χ3n) is 4.26. The number of carbonyl (C=O) groups is 2. The Labute approximate surface area is 165 Å². The van der Waals surface area contributed by atoms with E-state index in [9.17, 15) is 9.59 Å². The number of ether oxygens (including phenoxy) is 2. The quantitative estimate of drug-likeness (QED) is 0.703. The monoisotopic (exact) mass is 395 g/mol. The molecule has 1 aliphatic rings. The van der Waals surface area contributed by atoms with Gasteiger partial charge in [0.1, 0.15) is 11.5 Å². The van der Waals surface area contributed by atoms with Crippen LogP contribution in [0, 0.1) is 6.92 Å². The fraction of sp³-hybridized carbons (Fsp3) is 0.150. The van der Waals surface area contributed by atoms with Gasteiger partial charge in [-0.15, -0.1) is 11.3 Å². The van der Waals surface area contributed by atoms with Gasteiger partial charge >= 0.3 is 0 Å². The highest BCUT2D eigenvalue weighted by atomic mass is 32.1. The Morgan fingerprint density at radius 2 is 2.04 bits per heavy atom. The summed E-state index contributed by atoms with van der Waals surface area (Å²) in [7, 11) is 1.58. The second-order valence-corrected chi connectivity index (χ2v) is 7.36. The molecule has 0 radical (unpaired) electrons. The van der Waals surface area contributed by atoms with Crippen LogP contribution in [-0.2, 0) is 4.79 Å². The van der Waals surface area contributed by atoms with E-state index in [-0.39, 0.29) is 18.4 Å². The fourth-order valence-electron chi connectivity index (χ4n) is 2.86. The first-order chi connectivity index (χ1) is 13.5. The largest absolute Gasteiger partial charge is 0.497 e. The number of rotatable bonds is 4. The molecule has 0 fully saturated rings. The van der Waals surface area contributed by atoms with Crippen LogP contribution in [0.2, 0.25) is 0 Å². The second-order valence-electron chi connectivity index (χ2n) is 6.15. The van der Waals surface area contributed by atoms with E-state index < -0.39 is 0 Å². The smallest absolute Gasteiger partial charge is 0.262 e. The number of aryl methyl sites for hydroxylation is 1. The first-order valence-corrected chi connectivity index (χ1v) is 9.35. The summed E-state index contributed by atoms with van der Waals surface area (Å²) in [5.41, 5.74) is 2.72. The minimum absolute atomic E-state index is 0.0175. The molecule has 8 heteroatoms. The molecule has 0 aliphatic carbocycles. The van der Waals surface area contributed by atoms with Gasteiger partial charge in [-0.05, 0) is 49.4 Å². The number of hydrogen-bond acceptors (Lipinski definition) is 6. The molecule has 2 N–H and O–H groups in total. The molecule has 2 heterocycles. The van der Waals surface area contributed by atoms with Crippen molar-refractivity contribution in [2.24, 2.45) is 0 Å². The lowest BCUT2D eigenvalue weighted by Gasteiger charge is -2.18. The molecule has 0 bridgehead atoms. The maximum absolute atomic E-state index is 12.4. The number of nitrogens with zero attached hydrogens (tertiary/aromatic N) is 1. The molecule has 1 aliphatic heterocycles. The Morgan fingerprint density at radius 1 is 1.25 bits per heavy atom. The third kappa shape index (κ3) is 3.54. The zero-order chi connectivity index (χ0) is 19.7. The summed E-state index contributed by atoms with van der Waals surface area (Å²) in [5, 5.41) is 6.13. The normalized spacial score (nSPS) is 12.6. The van der Waals surface area contributed by atoms with Gasteiger partial charge in [0, 0.05) is 16.0 Å². The highest BCUT2D eigenvalue weighted by Crippen LogP contribution is 2.36. The number of amides is 2. The highest BCUT2D eigenvalue weighted by molar-refractivity contribution is 7.16. The van der Waals surface area contributed by atoms with E-state index in [1.165, 1.54) is 11.3 Å². The molecule has 4 rings (SSSR count). The Kier molecular flexibility index (Phi) is 4.70. The molecular weight excluding hydrogens is 378 g/mol. The minimum Gasteiger partial charge on any atom is -0.497 e. The zero-order valence-corrected chi connectivity index (χ0v) is 16.1. The third-order valence-corrected chi connectivity index (χ3v) is 5.14. The first-order valence-electron chi connectivity index (χ1n) is 8.53. The summed E-state index contributed by atoms with van der Waals surface area (Å²) in [6.45, 7) is 1.95. The molecule has 2 aromatic carbocycles. The van der Waals surface area contributed by atoms with Gasteiger partial charge in [-0.2, -0.15) is 0 Å². The number of anilines is 2. The Bertz CT molecular complexity index is 1060. The van der Waals surface area contributed by atoms with Gasteiger partial charge in [0.15, 0.2) is 11.7 Å². The number of hydrogen-bond donors (Lipinski definition) is 2. The lowest BCUT2D eigenvalue weighted by molar-refractivity contribution is -0.118. The molecule has 7 nitrogen and oxygen atoms in total. The van der Waals surface area contributed by atoms with Crippen LogP contribution in [0.3, 0.4) is 0 Å². The second kappa shape index (κ2) is 7.32. The van der Waals surface area contributed by atoms with Gasteiger partial charge in [-0.1, -0.05) is 0 Å². The molecule has 0 saturated heterocycles. The molecular formula is C20H17N3O4S. The van der Waals surface area contributed by atoms with E-state index in [1.807, 2.05) is 19.1 Å². The van der Waals surface area contributed by atoms with Gasteiger partial charge in [0.2, 0.25) is 0 Å². The molecule has 2 amide bonds. The molecule has 142 valence electrons. The van der Waals surface area contributed by atoms with E-state index in [1.54, 1.807) is 37.4 Å². The average Bonchev–Trinajstić information content (AvgIpc) is 3.07. The van der Waals surface area contributed by atoms with Crippen LogP contribution < -0.4 is 20.1 Å². The van der Waals surface area contributed by atoms with Crippen molar-refractivity contribution in [2.45, 2.75) is 6.92 Å². The summed E-state index contributed by atoms with van der Waals surface area (Å²) >= 11 is 1.39. The summed E-state index contributed by atoms with van der Waals surface area (Å²) in [5.74, 6) is 0.887. The summed E-state index contributed by atoms with van der Waals surface area (Å²) in [6, 6.07) is 12.4. The molecule has 1 aromatic heterocycles. The predicted octanol–water partition coefficient (Wildman–Crippen LogP) is 3.71. The Morgan fingerprint density at radius 3 is 2.79 bits per heavy atom. The summed E-state index contributed by atoms with van der Waals surface area (Å²) in [6.07, 6.45) is 0. The van der Waals surface area contributed by atoms with Crippen LogP contribution in [-0.4, -0.2) is 30.5 Å². The summed E-state index contributed by atoms with van der Waals surface area (Å²) < 4.78 is 10.5. The zero-order valence-electron chi connectivity index (χ0n) is 15.2. The Hall–Kier alpha value is -3.39. The van der Waals surface area contributed by atoms with Gasteiger partial charge < -0.3 is 14.8 Å². The predicted molar refractivity (Wildman–Crippen MR) is 107 cm³/mol. The van der Waals surface area contributed by atoms with Crippen LogP contribution in [0.5, 0.6) is 11.5 Å². The summed E-state index contributed by atoms with van der Waals surface area (Å²) in [4.78, 5) is 29.5. The number of nitrogens with one attached hydrogen (secondary N) is 2. The molecule has 0 spiro atoms. The van der Waals surface area contributed by atoms with E-state index >= 15 is 0 Å². The van der Waals surface area contributed by atoms with Crippen molar-refractivity contribution in [2.75, 3.05) is 24.4 Å². The lowest BCUT2D eigenvalue weighted by Crippen LogP contribution is -2.25. The van der Waals surface area contributed by atoms with E-state index in [0.717, 1.165) is 16.1 Å². The average molecular weight is 395 g/mol. The van der Waals surface area contributed by atoms with E-state index in [0.29, 0.717) is 27.9 Å². The maximum atomic E-state index is 12.4. The van der Waals surface area contributed by atoms with Gasteiger partial charge in [0.25, 0.3) is 11.8 Å². The van der Waals surface area contributed by atoms with Gasteiger partial charge in [0.05, 0.1) is 18.5 Å². The van der Waals surface area contributed by atoms with Crippen molar-refractivity contribution >= 4 is 34.0 Å². The topological polar surface area (TPSA) is 89.5 Å². The molecule has 0 unspecified atom stereocenters. The van der Waals surface area contributed by atoms with E-state index in [2.05, 4.69) is 15.6 Å². The minimum atomic E-state index is -0.242. The number of aromatic nitrogens is 1. The maximum Gasteiger partial charge on any atom is 0.262 e. The molecule has 0 atom stereocenters. The first kappa shape index (κ1) is 18.0. The van der Waals surface area contributed by atoms with Crippen LogP contribution in [0.15, 0.2) is 42.5 Å². The van der Waals surface area contributed by atoms with Crippen LogP contribution in [0.4, 0.5) is 10.8 Å². The molecule has 3 aromatic rings. The van der Waals surface area contributed by atoms with Crippen molar-refractivity contribution < 1.29 is 19.1 Å². The molecule has 0 saturated carbocycles. The number of thiazole rings is 1. The van der Waals surface area contributed by atoms with E-state index in [4.69, 9.17) is 9.47 Å². The van der Waals surface area contributed by atoms with Crippen molar-refractivity contribution in [3.63, 3.8) is 0 Å². The standard InChI is InChI=1S/C20H17N3O4S/c1-11-18(13-5-8-16-15(9-13)21-17(24)10-27-16)22-20(28-11)23-19(25)12-3-6-14(26-2)7-4-12/h3-9H,10H2,1-2H3,(H,21,24)(H,22,23,25). The number of carbonyl (C=O) groups excluding carboxylic acids is 2. The fourth-order valence-corrected chi connectivity index (χ4v) is 3.69. The number of benzene rings is 2. The highest BCUT2D eigenvalue weighted by Gasteiger charge is 2.19. The van der Waals surface area contributed by atoms with Crippen LogP contribution in [0.1, 0.15) is 15.2 Å². The van der Waals surface area contributed by atoms with Crippen molar-refractivity contribution in [1.82, 2.24) is 4.98 Å². The molecule has 28 heavy (non-hydrogen) atoms. The number of fused-ring (bicyclic) bond motifs is 1. The Balaban J connectivity index is 1.56. The van der Waals surface area contributed by atoms with Crippen molar-refractivity contribution in [3.05, 3.63) is 52.9 Å².